The van der Waals surface area contributed by atoms with Gasteiger partial charge in [-0.2, -0.15) is 0 Å². The zero-order valence-corrected chi connectivity index (χ0v) is 10.1. The molecule has 0 aliphatic rings. The maximum Gasteiger partial charge on any atom is 0.257 e. The number of anilines is 1. The maximum absolute atomic E-state index is 11.0. The van der Waals surface area contributed by atoms with Crippen molar-refractivity contribution in [2.45, 2.75) is 4.84 Å². The van der Waals surface area contributed by atoms with Gasteiger partial charge >= 0.3 is 0 Å². The summed E-state index contributed by atoms with van der Waals surface area (Å²) in [5.74, 6) is -0.412. The standard InChI is InChI=1S/C8H6Cl2INO/c9-7(10)8(13)12-6-3-1-2-5(11)4-6/h1-4,7H,(H,12,13). The van der Waals surface area contributed by atoms with Crippen LogP contribution in [0.5, 0.6) is 0 Å². The predicted molar refractivity (Wildman–Crippen MR) is 63.3 cm³/mol. The minimum Gasteiger partial charge on any atom is -0.324 e. The monoisotopic (exact) mass is 329 g/mol. The van der Waals surface area contributed by atoms with Crippen molar-refractivity contribution in [2.24, 2.45) is 0 Å². The first-order valence-electron chi connectivity index (χ1n) is 3.44. The Morgan fingerprint density at radius 2 is 2.15 bits per heavy atom. The minimum atomic E-state index is -1.03. The zero-order valence-electron chi connectivity index (χ0n) is 6.43. The highest BCUT2D eigenvalue weighted by atomic mass is 127. The summed E-state index contributed by atoms with van der Waals surface area (Å²) in [4.78, 5) is 10.0. The first-order valence-corrected chi connectivity index (χ1v) is 5.39. The van der Waals surface area contributed by atoms with Crippen molar-refractivity contribution in [1.82, 2.24) is 0 Å². The second-order valence-corrected chi connectivity index (χ2v) is 4.64. The third-order valence-corrected chi connectivity index (χ3v) is 2.36. The van der Waals surface area contributed by atoms with Gasteiger partial charge in [0.05, 0.1) is 0 Å². The number of alkyl halides is 2. The quantitative estimate of drug-likeness (QED) is 0.656. The Hall–Kier alpha value is -0.000000000000000222. The molecule has 0 saturated carbocycles. The molecule has 1 aromatic rings. The fourth-order valence-electron chi connectivity index (χ4n) is 0.763. The topological polar surface area (TPSA) is 29.1 Å². The van der Waals surface area contributed by atoms with Crippen LogP contribution in [-0.4, -0.2) is 10.7 Å². The zero-order chi connectivity index (χ0) is 9.84. The van der Waals surface area contributed by atoms with E-state index < -0.39 is 10.7 Å². The molecule has 0 fully saturated rings. The molecular formula is C8H6Cl2INO. The predicted octanol–water partition coefficient (Wildman–Crippen LogP) is 3.03. The molecule has 0 heterocycles. The Morgan fingerprint density at radius 1 is 1.46 bits per heavy atom. The summed E-state index contributed by atoms with van der Waals surface area (Å²) in [6.45, 7) is 0. The number of hydrogen-bond acceptors (Lipinski definition) is 1. The molecule has 0 atom stereocenters. The van der Waals surface area contributed by atoms with Gasteiger partial charge in [0.25, 0.3) is 5.91 Å². The number of amides is 1. The fraction of sp³-hybridized carbons (Fsp3) is 0.125. The van der Waals surface area contributed by atoms with E-state index >= 15 is 0 Å². The van der Waals surface area contributed by atoms with E-state index in [9.17, 15) is 4.79 Å². The van der Waals surface area contributed by atoms with Crippen molar-refractivity contribution < 1.29 is 4.79 Å². The molecule has 1 rings (SSSR count). The van der Waals surface area contributed by atoms with E-state index in [1.807, 2.05) is 18.2 Å². The van der Waals surface area contributed by atoms with Crippen LogP contribution >= 0.6 is 45.8 Å². The molecule has 0 aliphatic carbocycles. The van der Waals surface area contributed by atoms with Crippen molar-refractivity contribution in [2.75, 3.05) is 5.32 Å². The SMILES string of the molecule is O=C(Nc1cccc(I)c1)C(Cl)Cl. The van der Waals surface area contributed by atoms with Gasteiger partial charge in [-0.05, 0) is 40.8 Å². The summed E-state index contributed by atoms with van der Waals surface area (Å²) in [7, 11) is 0. The normalized spacial score (nSPS) is 10.2. The molecule has 0 aliphatic heterocycles. The number of carbonyl (C=O) groups is 1. The van der Waals surface area contributed by atoms with Crippen molar-refractivity contribution >= 4 is 57.4 Å². The van der Waals surface area contributed by atoms with Crippen LogP contribution in [0, 0.1) is 3.57 Å². The molecular weight excluding hydrogens is 324 g/mol. The van der Waals surface area contributed by atoms with Gasteiger partial charge in [0.15, 0.2) is 4.84 Å². The highest BCUT2D eigenvalue weighted by Crippen LogP contribution is 2.14. The third-order valence-electron chi connectivity index (χ3n) is 1.29. The van der Waals surface area contributed by atoms with Gasteiger partial charge in [-0.3, -0.25) is 4.79 Å². The van der Waals surface area contributed by atoms with Crippen molar-refractivity contribution in [1.29, 1.82) is 0 Å². The van der Waals surface area contributed by atoms with E-state index in [1.54, 1.807) is 6.07 Å². The van der Waals surface area contributed by atoms with Crippen LogP contribution in [0.15, 0.2) is 24.3 Å². The molecule has 0 spiro atoms. The molecule has 70 valence electrons. The van der Waals surface area contributed by atoms with E-state index in [0.717, 1.165) is 3.57 Å². The lowest BCUT2D eigenvalue weighted by Crippen LogP contribution is -2.18. The van der Waals surface area contributed by atoms with Crippen LogP contribution in [0.25, 0.3) is 0 Å². The molecule has 1 N–H and O–H groups in total. The van der Waals surface area contributed by atoms with Gasteiger partial charge in [0, 0.05) is 9.26 Å². The Morgan fingerprint density at radius 3 is 2.69 bits per heavy atom. The van der Waals surface area contributed by atoms with Crippen LogP contribution in [0.3, 0.4) is 0 Å². The van der Waals surface area contributed by atoms with Gasteiger partial charge in [-0.15, -0.1) is 0 Å². The summed E-state index contributed by atoms with van der Waals surface area (Å²) in [6, 6.07) is 7.37. The van der Waals surface area contributed by atoms with E-state index in [2.05, 4.69) is 27.9 Å². The van der Waals surface area contributed by atoms with Gasteiger partial charge in [0.1, 0.15) is 0 Å². The van der Waals surface area contributed by atoms with Crippen LogP contribution in [0.2, 0.25) is 0 Å². The largest absolute Gasteiger partial charge is 0.324 e. The summed E-state index contributed by atoms with van der Waals surface area (Å²) in [5, 5.41) is 2.57. The second-order valence-electron chi connectivity index (χ2n) is 2.30. The minimum absolute atomic E-state index is 0.412. The van der Waals surface area contributed by atoms with Crippen LogP contribution < -0.4 is 5.32 Å². The Labute approximate surface area is 99.7 Å². The number of benzene rings is 1. The molecule has 2 nitrogen and oxygen atoms in total. The third kappa shape index (κ3) is 3.70. The van der Waals surface area contributed by atoms with Crippen LogP contribution in [0.1, 0.15) is 0 Å². The van der Waals surface area contributed by atoms with Gasteiger partial charge in [0.2, 0.25) is 0 Å². The van der Waals surface area contributed by atoms with Gasteiger partial charge < -0.3 is 5.32 Å². The van der Waals surface area contributed by atoms with E-state index in [0.29, 0.717) is 5.69 Å². The van der Waals surface area contributed by atoms with Crippen LogP contribution in [-0.2, 0) is 4.79 Å². The lowest BCUT2D eigenvalue weighted by Gasteiger charge is -2.04. The van der Waals surface area contributed by atoms with Crippen molar-refractivity contribution in [3.05, 3.63) is 27.8 Å². The summed E-state index contributed by atoms with van der Waals surface area (Å²) in [6.07, 6.45) is 0. The molecule has 13 heavy (non-hydrogen) atoms. The smallest absolute Gasteiger partial charge is 0.257 e. The van der Waals surface area contributed by atoms with Crippen LogP contribution in [0.4, 0.5) is 5.69 Å². The Kier molecular flexibility index (Phi) is 4.28. The number of rotatable bonds is 2. The average Bonchev–Trinajstić information content (AvgIpc) is 2.04. The van der Waals surface area contributed by atoms with E-state index in [1.165, 1.54) is 0 Å². The number of nitrogens with one attached hydrogen (secondary N) is 1. The lowest BCUT2D eigenvalue weighted by atomic mass is 10.3. The molecule has 0 saturated heterocycles. The highest BCUT2D eigenvalue weighted by Gasteiger charge is 2.10. The number of halogens is 3. The molecule has 5 heteroatoms. The van der Waals surface area contributed by atoms with Crippen molar-refractivity contribution in [3.63, 3.8) is 0 Å². The molecule has 1 amide bonds. The number of carbonyl (C=O) groups excluding carboxylic acids is 1. The summed E-state index contributed by atoms with van der Waals surface area (Å²) >= 11 is 12.9. The van der Waals surface area contributed by atoms with Crippen molar-refractivity contribution in [3.8, 4) is 0 Å². The van der Waals surface area contributed by atoms with Gasteiger partial charge in [-0.25, -0.2) is 0 Å². The molecule has 0 bridgehead atoms. The number of hydrogen-bond donors (Lipinski definition) is 1. The molecule has 0 radical (unpaired) electrons. The average molecular weight is 330 g/mol. The molecule has 0 aromatic heterocycles. The lowest BCUT2D eigenvalue weighted by molar-refractivity contribution is -0.114. The van der Waals surface area contributed by atoms with E-state index in [4.69, 9.17) is 23.2 Å². The fourth-order valence-corrected chi connectivity index (χ4v) is 1.42. The first kappa shape index (κ1) is 11.1. The summed E-state index contributed by atoms with van der Waals surface area (Å²) < 4.78 is 1.04. The molecule has 1 aromatic carbocycles. The highest BCUT2D eigenvalue weighted by molar-refractivity contribution is 14.1. The Balaban J connectivity index is 2.69. The Bertz CT molecular complexity index is 317. The first-order chi connectivity index (χ1) is 6.09. The molecule has 0 unspecified atom stereocenters. The summed E-state index contributed by atoms with van der Waals surface area (Å²) in [5.41, 5.74) is 0.697. The van der Waals surface area contributed by atoms with E-state index in [-0.39, 0.29) is 0 Å². The second kappa shape index (κ2) is 5.02. The maximum atomic E-state index is 11.0. The van der Waals surface area contributed by atoms with Gasteiger partial charge in [-0.1, -0.05) is 29.3 Å².